The molecule has 0 saturated carbocycles. The lowest BCUT2D eigenvalue weighted by Gasteiger charge is -2.29. The Bertz CT molecular complexity index is 1700. The smallest absolute Gasteiger partial charge is 0.279 e. The molecule has 38 heavy (non-hydrogen) atoms. The highest BCUT2D eigenvalue weighted by Crippen LogP contribution is 2.32. The van der Waals surface area contributed by atoms with Gasteiger partial charge in [-0.15, -0.1) is 0 Å². The molecule has 0 unspecified atom stereocenters. The van der Waals surface area contributed by atoms with Gasteiger partial charge in [-0.25, -0.2) is 0 Å². The van der Waals surface area contributed by atoms with Gasteiger partial charge in [0.25, 0.3) is 5.56 Å². The molecular weight excluding hydrogens is 470 g/mol. The van der Waals surface area contributed by atoms with Crippen LogP contribution < -0.4 is 10.5 Å². The minimum absolute atomic E-state index is 0.130. The minimum Gasteiger partial charge on any atom is -0.378 e. The third-order valence-electron chi connectivity index (χ3n) is 7.17. The van der Waals surface area contributed by atoms with Crippen LogP contribution in [0.5, 0.6) is 0 Å². The molecule has 5 aromatic rings. The summed E-state index contributed by atoms with van der Waals surface area (Å²) in [6.45, 7) is 9.09. The number of fused-ring (bicyclic) bond motifs is 1. The normalized spacial score (nSPS) is 13.6. The lowest BCUT2D eigenvalue weighted by atomic mass is 9.96. The molecule has 0 amide bonds. The van der Waals surface area contributed by atoms with Crippen LogP contribution in [0.15, 0.2) is 102 Å². The van der Waals surface area contributed by atoms with Crippen molar-refractivity contribution in [3.63, 3.8) is 0 Å². The molecule has 2 heterocycles. The number of benzene rings is 4. The first kappa shape index (κ1) is 23.9. The van der Waals surface area contributed by atoms with Gasteiger partial charge < -0.3 is 9.64 Å². The fourth-order valence-electron chi connectivity index (χ4n) is 5.11. The van der Waals surface area contributed by atoms with Crippen LogP contribution in [0, 0.1) is 6.92 Å². The van der Waals surface area contributed by atoms with Gasteiger partial charge in [-0.1, -0.05) is 67.3 Å². The van der Waals surface area contributed by atoms with Crippen LogP contribution in [0.25, 0.3) is 44.9 Å². The first-order chi connectivity index (χ1) is 18.6. The number of aryl methyl sites for hydroxylation is 1. The summed E-state index contributed by atoms with van der Waals surface area (Å²) >= 11 is 0. The highest BCUT2D eigenvalue weighted by Gasteiger charge is 2.18. The molecule has 188 valence electrons. The van der Waals surface area contributed by atoms with Crippen LogP contribution in [0.2, 0.25) is 0 Å². The number of hydrogen-bond donors (Lipinski definition) is 0. The molecule has 0 N–H and O–H groups in total. The van der Waals surface area contributed by atoms with Gasteiger partial charge in [-0.05, 0) is 65.6 Å². The Morgan fingerprint density at radius 1 is 0.816 bits per heavy atom. The highest BCUT2D eigenvalue weighted by atomic mass is 16.5. The van der Waals surface area contributed by atoms with Crippen LogP contribution in [-0.4, -0.2) is 36.1 Å². The summed E-state index contributed by atoms with van der Waals surface area (Å²) in [6, 6.07) is 30.6. The fraction of sp³-hybridized carbons (Fsp3) is 0.152. The Morgan fingerprint density at radius 2 is 1.53 bits per heavy atom. The summed E-state index contributed by atoms with van der Waals surface area (Å²) in [5, 5.41) is 6.49. The number of anilines is 1. The van der Waals surface area contributed by atoms with E-state index in [4.69, 9.17) is 9.84 Å². The van der Waals surface area contributed by atoms with Crippen molar-refractivity contribution in [2.45, 2.75) is 6.92 Å². The Labute approximate surface area is 222 Å². The Hall–Kier alpha value is -4.48. The molecule has 1 fully saturated rings. The molecule has 0 atom stereocenters. The minimum atomic E-state index is -0.130. The molecule has 6 rings (SSSR count). The van der Waals surface area contributed by atoms with E-state index < -0.39 is 0 Å². The standard InChI is InChI=1S/C33H29N3O2/c1-3-24-19-26(25-9-5-4-6-10-25)21-27(20-24)32-29-11-7-8-12-30(29)33(37)36(34-32)31-22-28(14-13-23(31)2)35-15-17-38-18-16-35/h3-14,19-22H,1,15-18H2,2H3. The summed E-state index contributed by atoms with van der Waals surface area (Å²) in [5.41, 5.74) is 7.60. The van der Waals surface area contributed by atoms with Crippen LogP contribution >= 0.6 is 0 Å². The monoisotopic (exact) mass is 499 g/mol. The van der Waals surface area contributed by atoms with Gasteiger partial charge in [0.15, 0.2) is 0 Å². The van der Waals surface area contributed by atoms with Gasteiger partial charge in [0.2, 0.25) is 0 Å². The van der Waals surface area contributed by atoms with E-state index in [9.17, 15) is 4.79 Å². The molecule has 5 heteroatoms. The number of nitrogens with zero attached hydrogens (tertiary/aromatic N) is 3. The zero-order chi connectivity index (χ0) is 26.1. The van der Waals surface area contributed by atoms with E-state index in [0.29, 0.717) is 18.6 Å². The lowest BCUT2D eigenvalue weighted by Crippen LogP contribution is -2.36. The van der Waals surface area contributed by atoms with Gasteiger partial charge in [0.05, 0.1) is 30.0 Å². The van der Waals surface area contributed by atoms with Gasteiger partial charge in [0.1, 0.15) is 0 Å². The van der Waals surface area contributed by atoms with Crippen molar-refractivity contribution in [2.24, 2.45) is 0 Å². The van der Waals surface area contributed by atoms with Gasteiger partial charge in [0, 0.05) is 29.7 Å². The van der Waals surface area contributed by atoms with Gasteiger partial charge in [-0.3, -0.25) is 4.79 Å². The number of morpholine rings is 1. The molecule has 4 aromatic carbocycles. The number of ether oxygens (including phenoxy) is 1. The zero-order valence-electron chi connectivity index (χ0n) is 21.4. The molecular formula is C33H29N3O2. The number of rotatable bonds is 5. The van der Waals surface area contributed by atoms with E-state index in [1.54, 1.807) is 4.68 Å². The van der Waals surface area contributed by atoms with Crippen molar-refractivity contribution in [1.82, 2.24) is 9.78 Å². The first-order valence-corrected chi connectivity index (χ1v) is 12.9. The van der Waals surface area contributed by atoms with Crippen molar-refractivity contribution in [3.8, 4) is 28.1 Å². The second kappa shape index (κ2) is 10.1. The fourth-order valence-corrected chi connectivity index (χ4v) is 5.11. The quantitative estimate of drug-likeness (QED) is 0.277. The molecule has 1 aliphatic heterocycles. The largest absolute Gasteiger partial charge is 0.378 e. The van der Waals surface area contributed by atoms with E-state index in [1.807, 2.05) is 55.5 Å². The zero-order valence-corrected chi connectivity index (χ0v) is 21.4. The molecule has 0 spiro atoms. The number of aromatic nitrogens is 2. The Morgan fingerprint density at radius 3 is 2.29 bits per heavy atom. The predicted molar refractivity (Wildman–Crippen MR) is 156 cm³/mol. The molecule has 0 radical (unpaired) electrons. The maximum atomic E-state index is 13.8. The third-order valence-corrected chi connectivity index (χ3v) is 7.17. The lowest BCUT2D eigenvalue weighted by molar-refractivity contribution is 0.122. The maximum Gasteiger partial charge on any atom is 0.279 e. The second-order valence-corrected chi connectivity index (χ2v) is 9.60. The topological polar surface area (TPSA) is 47.4 Å². The Balaban J connectivity index is 1.58. The van der Waals surface area contributed by atoms with E-state index >= 15 is 0 Å². The highest BCUT2D eigenvalue weighted by molar-refractivity contribution is 5.95. The van der Waals surface area contributed by atoms with Crippen molar-refractivity contribution >= 4 is 22.5 Å². The summed E-state index contributed by atoms with van der Waals surface area (Å²) in [6.07, 6.45) is 1.85. The van der Waals surface area contributed by atoms with Crippen LogP contribution in [0.3, 0.4) is 0 Å². The van der Waals surface area contributed by atoms with Crippen LogP contribution in [-0.2, 0) is 4.74 Å². The molecule has 1 aliphatic rings. The molecule has 1 saturated heterocycles. The molecule has 0 aliphatic carbocycles. The maximum absolute atomic E-state index is 13.8. The third kappa shape index (κ3) is 4.42. The molecule has 0 bridgehead atoms. The van der Waals surface area contributed by atoms with Crippen molar-refractivity contribution < 1.29 is 4.74 Å². The number of hydrogen-bond acceptors (Lipinski definition) is 4. The first-order valence-electron chi connectivity index (χ1n) is 12.9. The average molecular weight is 500 g/mol. The Kier molecular flexibility index (Phi) is 6.36. The van der Waals surface area contributed by atoms with Gasteiger partial charge >= 0.3 is 0 Å². The second-order valence-electron chi connectivity index (χ2n) is 9.60. The van der Waals surface area contributed by atoms with Crippen LogP contribution in [0.1, 0.15) is 11.1 Å². The summed E-state index contributed by atoms with van der Waals surface area (Å²) in [5.74, 6) is 0. The van der Waals surface area contributed by atoms with E-state index in [0.717, 1.165) is 63.4 Å². The van der Waals surface area contributed by atoms with Crippen LogP contribution in [0.4, 0.5) is 5.69 Å². The van der Waals surface area contributed by atoms with E-state index in [2.05, 4.69) is 60.0 Å². The van der Waals surface area contributed by atoms with Crippen molar-refractivity contribution in [2.75, 3.05) is 31.2 Å². The van der Waals surface area contributed by atoms with Crippen molar-refractivity contribution in [1.29, 1.82) is 0 Å². The molecule has 5 nitrogen and oxygen atoms in total. The van der Waals surface area contributed by atoms with E-state index in [-0.39, 0.29) is 5.56 Å². The van der Waals surface area contributed by atoms with Gasteiger partial charge in [-0.2, -0.15) is 9.78 Å². The average Bonchev–Trinajstić information content (AvgIpc) is 2.98. The predicted octanol–water partition coefficient (Wildman–Crippen LogP) is 6.51. The molecule has 1 aromatic heterocycles. The summed E-state index contributed by atoms with van der Waals surface area (Å²) in [4.78, 5) is 16.1. The van der Waals surface area contributed by atoms with E-state index in [1.165, 1.54) is 0 Å². The van der Waals surface area contributed by atoms with Crippen molar-refractivity contribution in [3.05, 3.63) is 119 Å². The summed E-state index contributed by atoms with van der Waals surface area (Å²) < 4.78 is 7.11. The summed E-state index contributed by atoms with van der Waals surface area (Å²) in [7, 11) is 0. The SMILES string of the molecule is C=Cc1cc(-c2ccccc2)cc(-c2nn(-c3cc(N4CCOCC4)ccc3C)c(=O)c3ccccc23)c1.